The Balaban J connectivity index is 1.73. The molecule has 0 aromatic heterocycles. The second kappa shape index (κ2) is 10.4. The smallest absolute Gasteiger partial charge is 0.344 e. The fraction of sp³-hybridized carbons (Fsp3) is 0.227. The number of amides is 2. The standard InChI is InChI=1S/C22H20ClNO6S/c1-3-29-20(25)13-30-17-9-6-15(10-18(17)28-2)11-19-21(26)24(22(27)31-19)12-14-4-7-16(23)8-5-14/h4-11H,3,12-13H2,1-2H3/b19-11-. The summed E-state index contributed by atoms with van der Waals surface area (Å²) in [5.41, 5.74) is 1.45. The third-order valence-corrected chi connectivity index (χ3v) is 5.42. The minimum Gasteiger partial charge on any atom is -0.493 e. The zero-order chi connectivity index (χ0) is 22.4. The normalized spacial score (nSPS) is 14.8. The van der Waals surface area contributed by atoms with Gasteiger partial charge in [-0.3, -0.25) is 14.5 Å². The third-order valence-electron chi connectivity index (χ3n) is 4.26. The predicted octanol–water partition coefficient (Wildman–Crippen LogP) is 4.53. The summed E-state index contributed by atoms with van der Waals surface area (Å²) < 4.78 is 15.6. The van der Waals surface area contributed by atoms with Crippen LogP contribution in [0.1, 0.15) is 18.1 Å². The molecule has 0 saturated carbocycles. The first-order valence-electron chi connectivity index (χ1n) is 9.37. The molecule has 2 amide bonds. The highest BCUT2D eigenvalue weighted by Gasteiger charge is 2.35. The van der Waals surface area contributed by atoms with Gasteiger partial charge in [0, 0.05) is 5.02 Å². The SMILES string of the molecule is CCOC(=O)COc1ccc(/C=C2\SC(=O)N(Cc3ccc(Cl)cc3)C2=O)cc1OC. The summed E-state index contributed by atoms with van der Waals surface area (Å²) in [5.74, 6) is -0.100. The molecule has 0 bridgehead atoms. The van der Waals surface area contributed by atoms with Gasteiger partial charge in [0.25, 0.3) is 11.1 Å². The number of thioether (sulfide) groups is 1. The summed E-state index contributed by atoms with van der Waals surface area (Å²) in [4.78, 5) is 38.1. The average molecular weight is 462 g/mol. The molecule has 0 aliphatic carbocycles. The molecular weight excluding hydrogens is 442 g/mol. The minimum atomic E-state index is -0.483. The molecule has 2 aromatic rings. The summed E-state index contributed by atoms with van der Waals surface area (Å²) in [7, 11) is 1.47. The van der Waals surface area contributed by atoms with Crippen LogP contribution in [0.3, 0.4) is 0 Å². The number of carbonyl (C=O) groups excluding carboxylic acids is 3. The highest BCUT2D eigenvalue weighted by atomic mass is 35.5. The molecule has 162 valence electrons. The molecule has 1 aliphatic heterocycles. The molecule has 0 radical (unpaired) electrons. The van der Waals surface area contributed by atoms with Crippen molar-refractivity contribution in [2.24, 2.45) is 0 Å². The van der Waals surface area contributed by atoms with E-state index in [1.54, 1.807) is 55.5 Å². The van der Waals surface area contributed by atoms with Crippen molar-refractivity contribution in [1.82, 2.24) is 4.90 Å². The van der Waals surface area contributed by atoms with Crippen molar-refractivity contribution in [3.05, 3.63) is 63.5 Å². The van der Waals surface area contributed by atoms with Gasteiger partial charge in [0.2, 0.25) is 0 Å². The van der Waals surface area contributed by atoms with E-state index < -0.39 is 5.97 Å². The van der Waals surface area contributed by atoms with Crippen LogP contribution in [-0.4, -0.2) is 42.3 Å². The molecule has 2 aromatic carbocycles. The lowest BCUT2D eigenvalue weighted by Crippen LogP contribution is -2.27. The molecule has 1 fully saturated rings. The molecule has 0 unspecified atom stereocenters. The van der Waals surface area contributed by atoms with Gasteiger partial charge < -0.3 is 14.2 Å². The van der Waals surface area contributed by atoms with E-state index in [2.05, 4.69) is 0 Å². The molecular formula is C22H20ClNO6S. The maximum absolute atomic E-state index is 12.7. The van der Waals surface area contributed by atoms with Crippen LogP contribution >= 0.6 is 23.4 Å². The summed E-state index contributed by atoms with van der Waals surface area (Å²) in [6, 6.07) is 12.0. The zero-order valence-corrected chi connectivity index (χ0v) is 18.5. The van der Waals surface area contributed by atoms with Crippen LogP contribution in [0.2, 0.25) is 5.02 Å². The van der Waals surface area contributed by atoms with Gasteiger partial charge in [0.05, 0.1) is 25.2 Å². The van der Waals surface area contributed by atoms with Crippen molar-refractivity contribution >= 4 is 46.6 Å². The van der Waals surface area contributed by atoms with Crippen LogP contribution in [0, 0.1) is 0 Å². The van der Waals surface area contributed by atoms with Gasteiger partial charge in [-0.1, -0.05) is 29.8 Å². The number of esters is 1. The maximum Gasteiger partial charge on any atom is 0.344 e. The van der Waals surface area contributed by atoms with Crippen molar-refractivity contribution in [3.8, 4) is 11.5 Å². The molecule has 1 saturated heterocycles. The fourth-order valence-electron chi connectivity index (χ4n) is 2.79. The molecule has 7 nitrogen and oxygen atoms in total. The number of imide groups is 1. The minimum absolute atomic E-state index is 0.170. The van der Waals surface area contributed by atoms with Crippen LogP contribution in [0.5, 0.6) is 11.5 Å². The van der Waals surface area contributed by atoms with Crippen LogP contribution in [-0.2, 0) is 20.9 Å². The summed E-state index contributed by atoms with van der Waals surface area (Å²) in [5, 5.41) is 0.244. The van der Waals surface area contributed by atoms with Crippen molar-refractivity contribution < 1.29 is 28.6 Å². The quantitative estimate of drug-likeness (QED) is 0.422. The highest BCUT2D eigenvalue weighted by molar-refractivity contribution is 8.18. The van der Waals surface area contributed by atoms with E-state index in [4.69, 9.17) is 25.8 Å². The monoisotopic (exact) mass is 461 g/mol. The van der Waals surface area contributed by atoms with E-state index in [0.29, 0.717) is 27.0 Å². The Hall–Kier alpha value is -2.97. The first kappa shape index (κ1) is 22.7. The Morgan fingerprint density at radius 1 is 1.13 bits per heavy atom. The van der Waals surface area contributed by atoms with Crippen LogP contribution in [0.25, 0.3) is 6.08 Å². The van der Waals surface area contributed by atoms with E-state index in [-0.39, 0.29) is 30.9 Å². The molecule has 3 rings (SSSR count). The maximum atomic E-state index is 12.7. The number of hydrogen-bond acceptors (Lipinski definition) is 7. The number of rotatable bonds is 8. The van der Waals surface area contributed by atoms with Crippen molar-refractivity contribution in [2.45, 2.75) is 13.5 Å². The second-order valence-corrected chi connectivity index (χ2v) is 7.83. The first-order valence-corrected chi connectivity index (χ1v) is 10.6. The lowest BCUT2D eigenvalue weighted by Gasteiger charge is -2.12. The largest absolute Gasteiger partial charge is 0.493 e. The Bertz CT molecular complexity index is 1020. The van der Waals surface area contributed by atoms with Gasteiger partial charge in [-0.15, -0.1) is 0 Å². The lowest BCUT2D eigenvalue weighted by atomic mass is 10.1. The second-order valence-electron chi connectivity index (χ2n) is 6.40. The van der Waals surface area contributed by atoms with E-state index >= 15 is 0 Å². The first-order chi connectivity index (χ1) is 14.9. The number of halogens is 1. The molecule has 0 atom stereocenters. The fourth-order valence-corrected chi connectivity index (χ4v) is 3.76. The van der Waals surface area contributed by atoms with E-state index in [0.717, 1.165) is 17.3 Å². The number of benzene rings is 2. The van der Waals surface area contributed by atoms with Gasteiger partial charge in [-0.2, -0.15) is 0 Å². The van der Waals surface area contributed by atoms with E-state index in [9.17, 15) is 14.4 Å². The molecule has 0 N–H and O–H groups in total. The third kappa shape index (κ3) is 5.80. The Kier molecular flexibility index (Phi) is 7.59. The van der Waals surface area contributed by atoms with Crippen molar-refractivity contribution in [2.75, 3.05) is 20.3 Å². The number of nitrogens with zero attached hydrogens (tertiary/aromatic N) is 1. The average Bonchev–Trinajstić information content (AvgIpc) is 3.01. The van der Waals surface area contributed by atoms with Gasteiger partial charge in [0.1, 0.15) is 0 Å². The van der Waals surface area contributed by atoms with E-state index in [1.165, 1.54) is 12.0 Å². The lowest BCUT2D eigenvalue weighted by molar-refractivity contribution is -0.145. The Morgan fingerprint density at radius 3 is 2.55 bits per heavy atom. The van der Waals surface area contributed by atoms with Gasteiger partial charge in [0.15, 0.2) is 18.1 Å². The van der Waals surface area contributed by atoms with Crippen LogP contribution < -0.4 is 9.47 Å². The molecule has 9 heteroatoms. The van der Waals surface area contributed by atoms with Crippen LogP contribution in [0.4, 0.5) is 4.79 Å². The predicted molar refractivity (Wildman–Crippen MR) is 118 cm³/mol. The Morgan fingerprint density at radius 2 is 1.87 bits per heavy atom. The van der Waals surface area contributed by atoms with E-state index in [1.807, 2.05) is 0 Å². The molecule has 0 spiro atoms. The zero-order valence-electron chi connectivity index (χ0n) is 16.9. The van der Waals surface area contributed by atoms with Crippen LogP contribution in [0.15, 0.2) is 47.4 Å². The number of ether oxygens (including phenoxy) is 3. The van der Waals surface area contributed by atoms with Crippen molar-refractivity contribution in [1.29, 1.82) is 0 Å². The number of hydrogen-bond donors (Lipinski definition) is 0. The topological polar surface area (TPSA) is 82.1 Å². The van der Waals surface area contributed by atoms with Gasteiger partial charge in [-0.05, 0) is 60.2 Å². The summed E-state index contributed by atoms with van der Waals surface area (Å²) in [6.45, 7) is 1.91. The summed E-state index contributed by atoms with van der Waals surface area (Å²) in [6.07, 6.45) is 1.62. The number of carbonyl (C=O) groups is 3. The summed E-state index contributed by atoms with van der Waals surface area (Å²) >= 11 is 6.76. The van der Waals surface area contributed by atoms with Gasteiger partial charge >= 0.3 is 5.97 Å². The molecule has 1 heterocycles. The highest BCUT2D eigenvalue weighted by Crippen LogP contribution is 2.35. The molecule has 31 heavy (non-hydrogen) atoms. The molecule has 1 aliphatic rings. The Labute approximate surface area is 188 Å². The van der Waals surface area contributed by atoms with Gasteiger partial charge in [-0.25, -0.2) is 4.79 Å². The van der Waals surface area contributed by atoms with Crippen molar-refractivity contribution in [3.63, 3.8) is 0 Å². The number of methoxy groups -OCH3 is 1.